The highest BCUT2D eigenvalue weighted by Crippen LogP contribution is 2.20. The van der Waals surface area contributed by atoms with Crippen molar-refractivity contribution in [2.24, 2.45) is 5.92 Å². The molecule has 0 aliphatic carbocycles. The molecule has 1 saturated heterocycles. The average Bonchev–Trinajstić information content (AvgIpc) is 3.37. The summed E-state index contributed by atoms with van der Waals surface area (Å²) in [6, 6.07) is 13.4. The number of carbonyl (C=O) groups is 3. The van der Waals surface area contributed by atoms with Crippen molar-refractivity contribution in [1.29, 1.82) is 0 Å². The zero-order valence-corrected chi connectivity index (χ0v) is 22.6. The molecule has 4 rings (SSSR count). The van der Waals surface area contributed by atoms with E-state index in [1.165, 1.54) is 6.33 Å². The Morgan fingerprint density at radius 3 is 2.21 bits per heavy atom. The number of nitrogens with one attached hydrogen (secondary N) is 4. The van der Waals surface area contributed by atoms with Crippen LogP contribution in [0.3, 0.4) is 0 Å². The van der Waals surface area contributed by atoms with E-state index in [2.05, 4.69) is 37.7 Å². The molecule has 10 heteroatoms. The lowest BCUT2D eigenvalue weighted by Crippen LogP contribution is -2.53. The van der Waals surface area contributed by atoms with Gasteiger partial charge in [0.05, 0.1) is 16.9 Å². The molecule has 0 unspecified atom stereocenters. The molecule has 0 bridgehead atoms. The van der Waals surface area contributed by atoms with Gasteiger partial charge in [-0.1, -0.05) is 30.7 Å². The van der Waals surface area contributed by atoms with E-state index in [1.54, 1.807) is 48.5 Å². The van der Waals surface area contributed by atoms with E-state index in [-0.39, 0.29) is 23.2 Å². The number of likely N-dealkylation sites (tertiary alicyclic amines) is 1. The molecule has 9 nitrogen and oxygen atoms in total. The van der Waals surface area contributed by atoms with Crippen molar-refractivity contribution >= 4 is 40.7 Å². The Kier molecular flexibility index (Phi) is 8.48. The normalized spacial score (nSPS) is 14.6. The van der Waals surface area contributed by atoms with Crippen molar-refractivity contribution in [2.75, 3.05) is 30.3 Å². The monoisotopic (exact) mass is 536 g/mol. The third kappa shape index (κ3) is 6.99. The van der Waals surface area contributed by atoms with Gasteiger partial charge in [0.15, 0.2) is 5.69 Å². The first kappa shape index (κ1) is 27.3. The highest BCUT2D eigenvalue weighted by molar-refractivity contribution is 6.34. The minimum atomic E-state index is -0.521. The molecule has 2 aromatic carbocycles. The third-order valence-corrected chi connectivity index (χ3v) is 6.88. The van der Waals surface area contributed by atoms with Crippen LogP contribution in [0.25, 0.3) is 0 Å². The Bertz CT molecular complexity index is 1300. The fourth-order valence-corrected chi connectivity index (χ4v) is 4.72. The van der Waals surface area contributed by atoms with Gasteiger partial charge in [0, 0.05) is 23.5 Å². The zero-order valence-electron chi connectivity index (χ0n) is 21.8. The van der Waals surface area contributed by atoms with E-state index in [1.807, 2.05) is 13.8 Å². The molecule has 0 radical (unpaired) electrons. The van der Waals surface area contributed by atoms with Crippen LogP contribution >= 0.6 is 11.6 Å². The molecule has 1 aliphatic heterocycles. The Morgan fingerprint density at radius 2 is 1.58 bits per heavy atom. The fourth-order valence-electron chi connectivity index (χ4n) is 4.50. The number of aromatic nitrogens is 2. The first-order chi connectivity index (χ1) is 18.1. The van der Waals surface area contributed by atoms with Gasteiger partial charge in [-0.2, -0.15) is 0 Å². The summed E-state index contributed by atoms with van der Waals surface area (Å²) in [6.07, 6.45) is 3.64. The van der Waals surface area contributed by atoms with Crippen LogP contribution in [0.2, 0.25) is 5.02 Å². The van der Waals surface area contributed by atoms with E-state index >= 15 is 0 Å². The van der Waals surface area contributed by atoms with Gasteiger partial charge in [0.25, 0.3) is 17.7 Å². The second-order valence-electron chi connectivity index (χ2n) is 10.4. The Morgan fingerprint density at radius 1 is 0.974 bits per heavy atom. The van der Waals surface area contributed by atoms with Crippen LogP contribution in [0.1, 0.15) is 64.9 Å². The molecule has 3 aromatic rings. The maximum Gasteiger partial charge on any atom is 0.276 e. The number of benzene rings is 2. The van der Waals surface area contributed by atoms with Gasteiger partial charge < -0.3 is 25.8 Å². The van der Waals surface area contributed by atoms with E-state index in [0.29, 0.717) is 22.0 Å². The summed E-state index contributed by atoms with van der Waals surface area (Å²) < 4.78 is 0. The zero-order chi connectivity index (χ0) is 27.3. The van der Waals surface area contributed by atoms with Crippen LogP contribution in [0, 0.1) is 5.92 Å². The summed E-state index contributed by atoms with van der Waals surface area (Å²) in [6.45, 7) is 8.97. The number of carbonyl (C=O) groups excluding carboxylic acids is 3. The van der Waals surface area contributed by atoms with Crippen molar-refractivity contribution < 1.29 is 14.4 Å². The van der Waals surface area contributed by atoms with Crippen molar-refractivity contribution in [2.45, 2.75) is 39.2 Å². The van der Waals surface area contributed by atoms with Crippen LogP contribution in [-0.2, 0) is 0 Å². The number of piperidine rings is 1. The van der Waals surface area contributed by atoms with Gasteiger partial charge in [-0.3, -0.25) is 14.4 Å². The molecule has 200 valence electrons. The number of aromatic amines is 1. The fraction of sp³-hybridized carbons (Fsp3) is 0.357. The highest BCUT2D eigenvalue weighted by atomic mass is 35.5. The summed E-state index contributed by atoms with van der Waals surface area (Å²) in [7, 11) is 0. The molecule has 3 amide bonds. The predicted molar refractivity (Wildman–Crippen MR) is 149 cm³/mol. The van der Waals surface area contributed by atoms with E-state index < -0.39 is 11.4 Å². The van der Waals surface area contributed by atoms with Gasteiger partial charge in [-0.25, -0.2) is 4.98 Å². The minimum absolute atomic E-state index is 0.00111. The maximum atomic E-state index is 13.1. The topological polar surface area (TPSA) is 119 Å². The molecule has 0 atom stereocenters. The molecule has 1 aliphatic rings. The van der Waals surface area contributed by atoms with Crippen molar-refractivity contribution in [1.82, 2.24) is 20.2 Å². The molecule has 1 aromatic heterocycles. The third-order valence-electron chi connectivity index (χ3n) is 6.55. The molecule has 38 heavy (non-hydrogen) atoms. The van der Waals surface area contributed by atoms with Crippen molar-refractivity contribution in [3.8, 4) is 0 Å². The quantitative estimate of drug-likeness (QED) is 0.329. The molecular weight excluding hydrogens is 504 g/mol. The smallest absolute Gasteiger partial charge is 0.276 e. The number of hydrogen-bond acceptors (Lipinski definition) is 5. The lowest BCUT2D eigenvalue weighted by molar-refractivity contribution is 0.0856. The summed E-state index contributed by atoms with van der Waals surface area (Å²) in [5, 5.41) is 8.92. The first-order valence-electron chi connectivity index (χ1n) is 12.7. The Labute approximate surface area is 227 Å². The number of nitrogens with zero attached hydrogens (tertiary/aromatic N) is 2. The number of hydrogen-bond donors (Lipinski definition) is 4. The molecule has 4 N–H and O–H groups in total. The molecule has 0 saturated carbocycles. The first-order valence-corrected chi connectivity index (χ1v) is 13.0. The largest absolute Gasteiger partial charge is 0.345 e. The molecule has 1 fully saturated rings. The second-order valence-corrected chi connectivity index (χ2v) is 10.8. The van der Waals surface area contributed by atoms with E-state index in [4.69, 9.17) is 11.6 Å². The summed E-state index contributed by atoms with van der Waals surface area (Å²) in [5.41, 5.74) is 1.01. The van der Waals surface area contributed by atoms with Gasteiger partial charge in [0.1, 0.15) is 5.69 Å². The van der Waals surface area contributed by atoms with E-state index in [0.717, 1.165) is 38.4 Å². The maximum absolute atomic E-state index is 13.1. The van der Waals surface area contributed by atoms with Crippen molar-refractivity contribution in [3.05, 3.63) is 76.8 Å². The highest BCUT2D eigenvalue weighted by Gasteiger charge is 2.29. The molecule has 0 spiro atoms. The summed E-state index contributed by atoms with van der Waals surface area (Å²) in [4.78, 5) is 47.7. The number of anilines is 2. The van der Waals surface area contributed by atoms with Crippen LogP contribution in [0.15, 0.2) is 54.9 Å². The molecular formula is C28H33ClN6O3. The lowest BCUT2D eigenvalue weighted by Gasteiger charge is -2.37. The Balaban J connectivity index is 1.35. The number of H-pyrrole nitrogens is 1. The van der Waals surface area contributed by atoms with Crippen LogP contribution < -0.4 is 16.0 Å². The minimum Gasteiger partial charge on any atom is -0.345 e. The van der Waals surface area contributed by atoms with Crippen molar-refractivity contribution in [3.63, 3.8) is 0 Å². The number of halogens is 1. The standard InChI is InChI=1S/C28H33ClN6O3/c1-18-12-14-35(15-13-18)16-28(2,3)34-27(38)24-23(30-17-31-24)26(37)33-20-10-8-19(9-11-20)32-25(36)21-6-4-5-7-22(21)29/h4-11,17-18H,12-16H2,1-3H3,(H,30,31)(H,32,36)(H,33,37)(H,34,38). The predicted octanol–water partition coefficient (Wildman–Crippen LogP) is 4.81. The van der Waals surface area contributed by atoms with Gasteiger partial charge in [-0.15, -0.1) is 0 Å². The lowest BCUT2D eigenvalue weighted by atomic mass is 9.96. The van der Waals surface area contributed by atoms with E-state index in [9.17, 15) is 14.4 Å². The van der Waals surface area contributed by atoms with Crippen LogP contribution in [0.4, 0.5) is 11.4 Å². The summed E-state index contributed by atoms with van der Waals surface area (Å²) in [5.74, 6) is -0.511. The van der Waals surface area contributed by atoms with Gasteiger partial charge >= 0.3 is 0 Å². The van der Waals surface area contributed by atoms with Crippen LogP contribution in [0.5, 0.6) is 0 Å². The number of amides is 3. The number of imidazole rings is 1. The Hall–Kier alpha value is -3.69. The average molecular weight is 537 g/mol. The number of rotatable bonds is 8. The second kappa shape index (κ2) is 11.8. The van der Waals surface area contributed by atoms with Crippen LogP contribution in [-0.4, -0.2) is 57.8 Å². The summed E-state index contributed by atoms with van der Waals surface area (Å²) >= 11 is 6.09. The van der Waals surface area contributed by atoms with Gasteiger partial charge in [0.2, 0.25) is 0 Å². The van der Waals surface area contributed by atoms with Gasteiger partial charge in [-0.05, 0) is 82.1 Å². The molecule has 2 heterocycles. The SMILES string of the molecule is CC1CCN(CC(C)(C)NC(=O)c2[nH]cnc2C(=O)Nc2ccc(NC(=O)c3ccccc3Cl)cc2)CC1.